The lowest BCUT2D eigenvalue weighted by Gasteiger charge is -2.14. The lowest BCUT2D eigenvalue weighted by atomic mass is 10.1. The topological polar surface area (TPSA) is 82.2 Å². The van der Waals surface area contributed by atoms with Gasteiger partial charge in [-0.3, -0.25) is 9.59 Å². The number of aliphatic hydroxyl groups is 1. The van der Waals surface area contributed by atoms with Crippen LogP contribution in [0.5, 0.6) is 0 Å². The van der Waals surface area contributed by atoms with Crippen LogP contribution in [0.25, 0.3) is 0 Å². The molecule has 5 nitrogen and oxygen atoms in total. The number of aromatic amines is 1. The van der Waals surface area contributed by atoms with E-state index in [2.05, 4.69) is 10.3 Å². The van der Waals surface area contributed by atoms with Crippen LogP contribution in [-0.2, 0) is 0 Å². The fourth-order valence-corrected chi connectivity index (χ4v) is 1.53. The lowest BCUT2D eigenvalue weighted by Crippen LogP contribution is -2.35. The maximum absolute atomic E-state index is 11.8. The van der Waals surface area contributed by atoms with Gasteiger partial charge in [-0.05, 0) is 25.8 Å². The summed E-state index contributed by atoms with van der Waals surface area (Å²) in [6.07, 6.45) is 2.80. The first kappa shape index (κ1) is 13.4. The number of nitrogens with one attached hydrogen (secondary N) is 2. The predicted octanol–water partition coefficient (Wildman–Crippen LogP) is 1.11. The summed E-state index contributed by atoms with van der Waals surface area (Å²) >= 11 is 0. The second kappa shape index (κ2) is 6.20. The zero-order valence-electron chi connectivity index (χ0n) is 10.1. The van der Waals surface area contributed by atoms with Crippen LogP contribution in [0.4, 0.5) is 0 Å². The van der Waals surface area contributed by atoms with Gasteiger partial charge in [-0.1, -0.05) is 6.92 Å². The van der Waals surface area contributed by atoms with Crippen LogP contribution in [-0.4, -0.2) is 34.4 Å². The van der Waals surface area contributed by atoms with Crippen molar-refractivity contribution < 1.29 is 14.7 Å². The molecule has 1 amide bonds. The van der Waals surface area contributed by atoms with Gasteiger partial charge >= 0.3 is 0 Å². The Balaban J connectivity index is 2.65. The van der Waals surface area contributed by atoms with Crippen molar-refractivity contribution >= 4 is 11.7 Å². The summed E-state index contributed by atoms with van der Waals surface area (Å²) in [6, 6.07) is 1.49. The number of ketones is 1. The lowest BCUT2D eigenvalue weighted by molar-refractivity contribution is 0.0924. The van der Waals surface area contributed by atoms with E-state index in [9.17, 15) is 9.59 Å². The van der Waals surface area contributed by atoms with Crippen molar-refractivity contribution in [2.75, 3.05) is 6.61 Å². The van der Waals surface area contributed by atoms with Gasteiger partial charge in [0, 0.05) is 24.4 Å². The highest BCUT2D eigenvalue weighted by Gasteiger charge is 2.14. The summed E-state index contributed by atoms with van der Waals surface area (Å²) in [4.78, 5) is 25.6. The summed E-state index contributed by atoms with van der Waals surface area (Å²) in [6.45, 7) is 3.43. The van der Waals surface area contributed by atoms with Gasteiger partial charge in [0.15, 0.2) is 5.78 Å². The highest BCUT2D eigenvalue weighted by molar-refractivity contribution is 5.99. The zero-order chi connectivity index (χ0) is 12.8. The number of amides is 1. The Morgan fingerprint density at radius 1 is 1.53 bits per heavy atom. The van der Waals surface area contributed by atoms with Crippen LogP contribution < -0.4 is 5.32 Å². The first-order valence-corrected chi connectivity index (χ1v) is 5.69. The highest BCUT2D eigenvalue weighted by atomic mass is 16.3. The Morgan fingerprint density at radius 2 is 2.24 bits per heavy atom. The van der Waals surface area contributed by atoms with Gasteiger partial charge in [0.25, 0.3) is 5.91 Å². The molecule has 0 fully saturated rings. The fourth-order valence-electron chi connectivity index (χ4n) is 1.53. The van der Waals surface area contributed by atoms with Crippen LogP contribution >= 0.6 is 0 Å². The van der Waals surface area contributed by atoms with Gasteiger partial charge in [-0.2, -0.15) is 0 Å². The number of H-pyrrole nitrogens is 1. The Kier molecular flexibility index (Phi) is 4.90. The van der Waals surface area contributed by atoms with Crippen LogP contribution in [0.2, 0.25) is 0 Å². The van der Waals surface area contributed by atoms with Crippen molar-refractivity contribution in [3.05, 3.63) is 23.5 Å². The van der Waals surface area contributed by atoms with E-state index in [1.165, 1.54) is 19.2 Å². The first-order chi connectivity index (χ1) is 8.08. The van der Waals surface area contributed by atoms with Crippen molar-refractivity contribution in [1.82, 2.24) is 10.3 Å². The van der Waals surface area contributed by atoms with E-state index >= 15 is 0 Å². The first-order valence-electron chi connectivity index (χ1n) is 5.69. The Bertz CT molecular complexity index is 398. The van der Waals surface area contributed by atoms with Crippen LogP contribution in [0.15, 0.2) is 12.3 Å². The second-order valence-electron chi connectivity index (χ2n) is 3.95. The quantitative estimate of drug-likeness (QED) is 0.649. The molecular weight excluding hydrogens is 220 g/mol. The molecule has 0 aliphatic carbocycles. The third kappa shape index (κ3) is 3.71. The van der Waals surface area contributed by atoms with E-state index in [0.29, 0.717) is 17.7 Å². The molecule has 0 aromatic carbocycles. The molecule has 1 rings (SSSR count). The van der Waals surface area contributed by atoms with Gasteiger partial charge in [-0.15, -0.1) is 0 Å². The molecule has 0 spiro atoms. The van der Waals surface area contributed by atoms with E-state index in [1.807, 2.05) is 6.92 Å². The Morgan fingerprint density at radius 3 is 2.71 bits per heavy atom. The highest BCUT2D eigenvalue weighted by Crippen LogP contribution is 2.06. The number of aromatic nitrogens is 1. The molecule has 1 unspecified atom stereocenters. The molecule has 0 bridgehead atoms. The molecular formula is C12H18N2O3. The molecule has 1 aromatic heterocycles. The minimum Gasteiger partial charge on any atom is -0.396 e. The minimum absolute atomic E-state index is 0.0439. The largest absolute Gasteiger partial charge is 0.396 e. The third-order valence-electron chi connectivity index (χ3n) is 2.64. The van der Waals surface area contributed by atoms with Crippen molar-refractivity contribution in [3.63, 3.8) is 0 Å². The summed E-state index contributed by atoms with van der Waals surface area (Å²) in [5.41, 5.74) is 0.858. The van der Waals surface area contributed by atoms with Gasteiger partial charge < -0.3 is 15.4 Å². The van der Waals surface area contributed by atoms with Crippen LogP contribution in [0.1, 0.15) is 47.5 Å². The molecule has 0 radical (unpaired) electrons. The third-order valence-corrected chi connectivity index (χ3v) is 2.64. The molecule has 0 aliphatic heterocycles. The Hall–Kier alpha value is -1.62. The molecule has 94 valence electrons. The summed E-state index contributed by atoms with van der Waals surface area (Å²) in [5, 5.41) is 11.6. The number of rotatable bonds is 6. The molecule has 1 aromatic rings. The number of carbonyl (C=O) groups excluding carboxylic acids is 2. The molecule has 17 heavy (non-hydrogen) atoms. The average molecular weight is 238 g/mol. The van der Waals surface area contributed by atoms with Gasteiger partial charge in [0.1, 0.15) is 5.69 Å². The van der Waals surface area contributed by atoms with Crippen LogP contribution in [0.3, 0.4) is 0 Å². The van der Waals surface area contributed by atoms with E-state index in [0.717, 1.165) is 6.42 Å². The average Bonchev–Trinajstić information content (AvgIpc) is 2.77. The number of carbonyl (C=O) groups is 2. The molecule has 3 N–H and O–H groups in total. The fraction of sp³-hybridized carbons (Fsp3) is 0.500. The monoisotopic (exact) mass is 238 g/mol. The number of hydrogen-bond donors (Lipinski definition) is 3. The summed E-state index contributed by atoms with van der Waals surface area (Å²) in [5.74, 6) is -0.333. The van der Waals surface area contributed by atoms with E-state index in [1.54, 1.807) is 0 Å². The van der Waals surface area contributed by atoms with E-state index in [-0.39, 0.29) is 24.3 Å². The van der Waals surface area contributed by atoms with Crippen molar-refractivity contribution in [1.29, 1.82) is 0 Å². The minimum atomic E-state index is -0.252. The van der Waals surface area contributed by atoms with E-state index in [4.69, 9.17) is 5.11 Å². The molecule has 1 atom stereocenters. The molecule has 5 heteroatoms. The number of hydrogen-bond acceptors (Lipinski definition) is 3. The summed E-state index contributed by atoms with van der Waals surface area (Å²) < 4.78 is 0. The predicted molar refractivity (Wildman–Crippen MR) is 64.0 cm³/mol. The molecule has 1 heterocycles. The van der Waals surface area contributed by atoms with Gasteiger partial charge in [0.05, 0.1) is 0 Å². The van der Waals surface area contributed by atoms with Gasteiger partial charge in [0.2, 0.25) is 0 Å². The zero-order valence-corrected chi connectivity index (χ0v) is 10.1. The molecule has 0 aliphatic rings. The van der Waals surface area contributed by atoms with Crippen LogP contribution in [0, 0.1) is 0 Å². The summed E-state index contributed by atoms with van der Waals surface area (Å²) in [7, 11) is 0. The number of Topliss-reactive ketones (excluding diaryl/α,β-unsaturated/α-hetero) is 1. The molecule has 0 saturated heterocycles. The van der Waals surface area contributed by atoms with Crippen molar-refractivity contribution in [3.8, 4) is 0 Å². The van der Waals surface area contributed by atoms with Crippen molar-refractivity contribution in [2.45, 2.75) is 32.7 Å². The number of aliphatic hydroxyl groups excluding tert-OH is 1. The SMILES string of the molecule is CCC(CCO)NC(=O)c1cc(C(C)=O)c[nH]1. The smallest absolute Gasteiger partial charge is 0.267 e. The standard InChI is InChI=1S/C12H18N2O3/c1-3-10(4-5-15)14-12(17)11-6-9(7-13-11)8(2)16/h6-7,10,13,15H,3-5H2,1-2H3,(H,14,17). The maximum atomic E-state index is 11.8. The van der Waals surface area contributed by atoms with Crippen molar-refractivity contribution in [2.24, 2.45) is 0 Å². The Labute approximate surface area is 100 Å². The van der Waals surface area contributed by atoms with E-state index < -0.39 is 0 Å². The second-order valence-corrected chi connectivity index (χ2v) is 3.95. The normalized spacial score (nSPS) is 12.2. The molecule has 0 saturated carbocycles. The van der Waals surface area contributed by atoms with Gasteiger partial charge in [-0.25, -0.2) is 0 Å². The maximum Gasteiger partial charge on any atom is 0.267 e.